The molecule has 2 amide bonds. The minimum absolute atomic E-state index is 0.0443. The standard InChI is InChI=1S/C38H38ClN5O2/c1-40(2)18-19-41-20-22-42(23-21-41)38(46)36-17-15-30-26-44(35-13-6-4-9-29(35)25-43(30)36)37(45)33-16-14-28(24-34(33)39)32-12-7-10-27-8-3-5-11-31(27)32/h3-17,24H,18-23,25-26H2,1-2H3. The maximum atomic E-state index is 14.3. The number of piperazine rings is 1. The molecule has 0 radical (unpaired) electrons. The molecule has 234 valence electrons. The van der Waals surface area contributed by atoms with Crippen LogP contribution in [0.15, 0.2) is 97.1 Å². The van der Waals surface area contributed by atoms with E-state index in [9.17, 15) is 9.59 Å². The average molecular weight is 632 g/mol. The van der Waals surface area contributed by atoms with Crippen LogP contribution in [0.25, 0.3) is 21.9 Å². The van der Waals surface area contributed by atoms with Crippen LogP contribution in [0.5, 0.6) is 0 Å². The molecular weight excluding hydrogens is 594 g/mol. The summed E-state index contributed by atoms with van der Waals surface area (Å²) in [4.78, 5) is 36.5. The largest absolute Gasteiger partial charge is 0.335 e. The second kappa shape index (κ2) is 12.8. The van der Waals surface area contributed by atoms with Crippen molar-refractivity contribution in [1.82, 2.24) is 19.3 Å². The highest BCUT2D eigenvalue weighted by atomic mass is 35.5. The average Bonchev–Trinajstić information content (AvgIpc) is 3.39. The van der Waals surface area contributed by atoms with Gasteiger partial charge in [0.1, 0.15) is 5.69 Å². The molecule has 0 spiro atoms. The van der Waals surface area contributed by atoms with Crippen molar-refractivity contribution >= 4 is 39.9 Å². The molecule has 0 bridgehead atoms. The van der Waals surface area contributed by atoms with Crippen molar-refractivity contribution < 1.29 is 9.59 Å². The number of benzene rings is 4. The molecule has 1 fully saturated rings. The molecule has 8 heteroatoms. The molecule has 0 atom stereocenters. The maximum Gasteiger partial charge on any atom is 0.270 e. The van der Waals surface area contributed by atoms with E-state index in [2.05, 4.69) is 52.7 Å². The molecule has 0 unspecified atom stereocenters. The zero-order valence-electron chi connectivity index (χ0n) is 26.3. The van der Waals surface area contributed by atoms with Crippen molar-refractivity contribution in [2.24, 2.45) is 0 Å². The van der Waals surface area contributed by atoms with E-state index in [1.54, 1.807) is 4.90 Å². The predicted molar refractivity (Wildman–Crippen MR) is 186 cm³/mol. The fourth-order valence-corrected chi connectivity index (χ4v) is 6.95. The van der Waals surface area contributed by atoms with Crippen LogP contribution in [0.4, 0.5) is 5.69 Å². The molecule has 3 heterocycles. The highest BCUT2D eigenvalue weighted by Gasteiger charge is 2.30. The minimum atomic E-state index is -0.168. The van der Waals surface area contributed by atoms with Gasteiger partial charge in [0.15, 0.2) is 0 Å². The number of likely N-dealkylation sites (N-methyl/N-ethyl adjacent to an activating group) is 1. The van der Waals surface area contributed by atoms with Crippen molar-refractivity contribution in [1.29, 1.82) is 0 Å². The van der Waals surface area contributed by atoms with Gasteiger partial charge in [0.05, 0.1) is 23.7 Å². The van der Waals surface area contributed by atoms with Crippen LogP contribution in [0.1, 0.15) is 32.1 Å². The van der Waals surface area contributed by atoms with E-state index in [0.717, 1.165) is 65.0 Å². The first kappa shape index (κ1) is 30.2. The van der Waals surface area contributed by atoms with Gasteiger partial charge in [0, 0.05) is 50.6 Å². The third kappa shape index (κ3) is 5.82. The van der Waals surface area contributed by atoms with Gasteiger partial charge in [-0.3, -0.25) is 14.5 Å². The number of halogens is 1. The van der Waals surface area contributed by atoms with Crippen molar-refractivity contribution in [3.63, 3.8) is 0 Å². The zero-order chi connectivity index (χ0) is 31.8. The number of hydrogen-bond donors (Lipinski definition) is 0. The fraction of sp³-hybridized carbons (Fsp3) is 0.263. The Hall–Kier alpha value is -4.43. The van der Waals surface area contributed by atoms with E-state index in [-0.39, 0.29) is 11.8 Å². The fourth-order valence-electron chi connectivity index (χ4n) is 6.68. The topological polar surface area (TPSA) is 52.0 Å². The van der Waals surface area contributed by atoms with Gasteiger partial charge in [-0.2, -0.15) is 0 Å². The van der Waals surface area contributed by atoms with Gasteiger partial charge in [-0.05, 0) is 71.9 Å². The van der Waals surface area contributed by atoms with E-state index < -0.39 is 0 Å². The molecule has 7 rings (SSSR count). The summed E-state index contributed by atoms with van der Waals surface area (Å²) in [5, 5.41) is 2.70. The molecule has 1 saturated heterocycles. The van der Waals surface area contributed by atoms with Gasteiger partial charge in [-0.25, -0.2) is 0 Å². The number of amides is 2. The second-order valence-electron chi connectivity index (χ2n) is 12.5. The lowest BCUT2D eigenvalue weighted by atomic mass is 9.97. The Kier molecular flexibility index (Phi) is 8.38. The van der Waals surface area contributed by atoms with Gasteiger partial charge in [0.2, 0.25) is 0 Å². The number of aromatic nitrogens is 1. The van der Waals surface area contributed by atoms with Gasteiger partial charge in [-0.1, -0.05) is 78.3 Å². The molecule has 0 aliphatic carbocycles. The Labute approximate surface area is 275 Å². The molecule has 0 saturated carbocycles. The summed E-state index contributed by atoms with van der Waals surface area (Å²) in [6, 6.07) is 32.0. The van der Waals surface area contributed by atoms with Crippen LogP contribution in [-0.4, -0.2) is 84.4 Å². The number of hydrogen-bond acceptors (Lipinski definition) is 4. The van der Waals surface area contributed by atoms with Crippen molar-refractivity contribution in [2.75, 3.05) is 58.3 Å². The van der Waals surface area contributed by atoms with Crippen LogP contribution in [0.3, 0.4) is 0 Å². The number of para-hydroxylation sites is 1. The smallest absolute Gasteiger partial charge is 0.270 e. The van der Waals surface area contributed by atoms with Crippen LogP contribution < -0.4 is 4.90 Å². The third-order valence-electron chi connectivity index (χ3n) is 9.29. The molecule has 7 nitrogen and oxygen atoms in total. The van der Waals surface area contributed by atoms with Crippen LogP contribution in [-0.2, 0) is 13.1 Å². The monoisotopic (exact) mass is 631 g/mol. The summed E-state index contributed by atoms with van der Waals surface area (Å²) < 4.78 is 2.08. The molecule has 2 aliphatic heterocycles. The molecule has 2 aliphatic rings. The van der Waals surface area contributed by atoms with Gasteiger partial charge >= 0.3 is 0 Å². The maximum absolute atomic E-state index is 14.3. The number of carbonyl (C=O) groups excluding carboxylic acids is 2. The number of nitrogens with zero attached hydrogens (tertiary/aromatic N) is 5. The summed E-state index contributed by atoms with van der Waals surface area (Å²) in [6.07, 6.45) is 0. The molecule has 1 aromatic heterocycles. The van der Waals surface area contributed by atoms with Crippen LogP contribution in [0.2, 0.25) is 5.02 Å². The summed E-state index contributed by atoms with van der Waals surface area (Å²) in [6.45, 7) is 6.03. The minimum Gasteiger partial charge on any atom is -0.335 e. The number of fused-ring (bicyclic) bond motifs is 3. The van der Waals surface area contributed by atoms with Crippen LogP contribution >= 0.6 is 11.6 Å². The summed E-state index contributed by atoms with van der Waals surface area (Å²) in [7, 11) is 4.17. The lowest BCUT2D eigenvalue weighted by Gasteiger charge is -2.35. The molecule has 46 heavy (non-hydrogen) atoms. The second-order valence-corrected chi connectivity index (χ2v) is 12.9. The first-order valence-electron chi connectivity index (χ1n) is 15.9. The summed E-state index contributed by atoms with van der Waals surface area (Å²) in [5.41, 5.74) is 5.88. The Morgan fingerprint density at radius 3 is 2.35 bits per heavy atom. The van der Waals surface area contributed by atoms with Gasteiger partial charge in [0.25, 0.3) is 11.8 Å². The molecular formula is C38H38ClN5O2. The first-order valence-corrected chi connectivity index (χ1v) is 16.3. The first-order chi connectivity index (χ1) is 22.4. The quantitative estimate of drug-likeness (QED) is 0.215. The lowest BCUT2D eigenvalue weighted by Crippen LogP contribution is -2.50. The van der Waals surface area contributed by atoms with Crippen molar-refractivity contribution in [3.05, 3.63) is 125 Å². The third-order valence-corrected chi connectivity index (χ3v) is 9.60. The highest BCUT2D eigenvalue weighted by molar-refractivity contribution is 6.35. The summed E-state index contributed by atoms with van der Waals surface area (Å²) >= 11 is 6.88. The van der Waals surface area contributed by atoms with E-state index >= 15 is 0 Å². The Morgan fingerprint density at radius 1 is 0.783 bits per heavy atom. The van der Waals surface area contributed by atoms with Crippen molar-refractivity contribution in [3.8, 4) is 11.1 Å². The van der Waals surface area contributed by atoms with E-state index in [1.165, 1.54) is 0 Å². The SMILES string of the molecule is CN(C)CCN1CCN(C(=O)c2ccc3n2Cc2ccccc2N(C(=O)c2ccc(-c4cccc5ccccc45)cc2Cl)C3)CC1. The highest BCUT2D eigenvalue weighted by Crippen LogP contribution is 2.35. The molecule has 0 N–H and O–H groups in total. The van der Waals surface area contributed by atoms with E-state index in [1.807, 2.05) is 77.7 Å². The Morgan fingerprint density at radius 2 is 1.54 bits per heavy atom. The predicted octanol–water partition coefficient (Wildman–Crippen LogP) is 6.49. The van der Waals surface area contributed by atoms with E-state index in [4.69, 9.17) is 11.6 Å². The number of rotatable bonds is 6. The number of carbonyl (C=O) groups is 2. The number of anilines is 1. The Bertz CT molecular complexity index is 1920. The van der Waals surface area contributed by atoms with Gasteiger partial charge in [-0.15, -0.1) is 0 Å². The Balaban J connectivity index is 1.15. The zero-order valence-corrected chi connectivity index (χ0v) is 27.1. The molecule has 5 aromatic rings. The van der Waals surface area contributed by atoms with E-state index in [0.29, 0.717) is 42.5 Å². The lowest BCUT2D eigenvalue weighted by molar-refractivity contribution is 0.0619. The summed E-state index contributed by atoms with van der Waals surface area (Å²) in [5.74, 6) is -0.124. The van der Waals surface area contributed by atoms with Crippen molar-refractivity contribution in [2.45, 2.75) is 13.1 Å². The van der Waals surface area contributed by atoms with Crippen LogP contribution in [0, 0.1) is 0 Å². The van der Waals surface area contributed by atoms with Gasteiger partial charge < -0.3 is 19.3 Å². The molecule has 4 aromatic carbocycles. The normalized spacial score (nSPS) is 15.1.